The molecule has 0 aromatic heterocycles. The average Bonchev–Trinajstić information content (AvgIpc) is 0.918. The molecule has 0 bridgehead atoms. The van der Waals surface area contributed by atoms with Crippen LogP contribution in [0.1, 0.15) is 0 Å². The Morgan fingerprint density at radius 1 is 1.40 bits per heavy atom. The van der Waals surface area contributed by atoms with Gasteiger partial charge in [0.25, 0.3) is 0 Å². The number of nitriles is 1. The van der Waals surface area contributed by atoms with Gasteiger partial charge in [0, 0.05) is 0 Å². The van der Waals surface area contributed by atoms with Crippen molar-refractivity contribution in [1.29, 1.82) is 5.26 Å². The molecule has 0 aromatic rings. The molecule has 0 aliphatic rings. The molecular weight excluding hydrogens is 163 g/mol. The van der Waals surface area contributed by atoms with E-state index in [-0.39, 0.29) is 103 Å². The maximum Gasteiger partial charge on any atom is 1.00 e. The van der Waals surface area contributed by atoms with Gasteiger partial charge in [-0.3, -0.25) is 0 Å². The third-order valence-corrected chi connectivity index (χ3v) is 0. The predicted molar refractivity (Wildman–Crippen MR) is 5.61 cm³/mol. The third-order valence-electron chi connectivity index (χ3n) is 0. The van der Waals surface area contributed by atoms with Crippen molar-refractivity contribution in [2.24, 2.45) is 0 Å². The summed E-state index contributed by atoms with van der Waals surface area (Å²) in [5.74, 6) is 0. The van der Waals surface area contributed by atoms with Gasteiger partial charge in [0.1, 0.15) is 0 Å². The standard InChI is InChI=1S/CN.Co.2K/c1-2;;;/q;-2;2*+1. The van der Waals surface area contributed by atoms with Crippen LogP contribution in [0.15, 0.2) is 0 Å². The van der Waals surface area contributed by atoms with Crippen LogP contribution in [0.3, 0.4) is 0 Å². The number of hydrogen-bond donors (Lipinski definition) is 0. The van der Waals surface area contributed by atoms with E-state index in [2.05, 4.69) is 15.7 Å². The summed E-state index contributed by atoms with van der Waals surface area (Å²) in [6.07, 6.45) is 0. The Balaban J connectivity index is -0.0000000200. The predicted octanol–water partition coefficient (Wildman–Crippen LogP) is -5.98. The van der Waals surface area contributed by atoms with Gasteiger partial charge in [-0.25, -0.2) is 0 Å². The van der Waals surface area contributed by atoms with Gasteiger partial charge in [-0.05, 0) is 0 Å². The molecule has 1 nitrogen and oxygen atoms in total. The van der Waals surface area contributed by atoms with E-state index in [1.165, 1.54) is 5.00 Å². The van der Waals surface area contributed by atoms with Crippen LogP contribution < -0.4 is 103 Å². The summed E-state index contributed by atoms with van der Waals surface area (Å²) in [5.41, 5.74) is 0. The van der Waals surface area contributed by atoms with Gasteiger partial charge in [0.15, 0.2) is 0 Å². The van der Waals surface area contributed by atoms with Gasteiger partial charge < -0.3 is 0 Å². The fourth-order valence-electron chi connectivity index (χ4n) is 0. The van der Waals surface area contributed by atoms with E-state index < -0.39 is 0 Å². The van der Waals surface area contributed by atoms with Crippen LogP contribution in [0, 0.1) is 10.3 Å². The number of rotatable bonds is 0. The maximum atomic E-state index is 7.18. The van der Waals surface area contributed by atoms with E-state index in [0.717, 1.165) is 0 Å². The van der Waals surface area contributed by atoms with Gasteiger partial charge in [-0.15, -0.1) is 0 Å². The Hall–Kier alpha value is 3.27. The van der Waals surface area contributed by atoms with Crippen LogP contribution in [-0.4, -0.2) is 0 Å². The summed E-state index contributed by atoms with van der Waals surface area (Å²) in [6.45, 7) is 0. The van der Waals surface area contributed by atoms with E-state index >= 15 is 0 Å². The monoisotopic (exact) mass is 163 g/mol. The number of nitrogens with zero attached hydrogens (tertiary/aromatic N) is 1. The van der Waals surface area contributed by atoms with E-state index in [0.29, 0.717) is 0 Å². The molecule has 0 rings (SSSR count). The van der Waals surface area contributed by atoms with Gasteiger partial charge in [0.2, 0.25) is 0 Å². The minimum absolute atomic E-state index is 0. The van der Waals surface area contributed by atoms with Crippen molar-refractivity contribution >= 4 is 0 Å². The second-order valence-electron chi connectivity index (χ2n) is 0.0745. The summed E-state index contributed by atoms with van der Waals surface area (Å²) >= 11 is 3.13. The smallest absolute Gasteiger partial charge is 1.00 e. The Morgan fingerprint density at radius 2 is 1.40 bits per heavy atom. The number of hydrogen-bond acceptors (Lipinski definition) is 1. The molecule has 0 atom stereocenters. The van der Waals surface area contributed by atoms with Crippen LogP contribution in [-0.2, 0) is 15.7 Å². The molecule has 0 amide bonds. The van der Waals surface area contributed by atoms with E-state index in [4.69, 9.17) is 5.26 Å². The van der Waals surface area contributed by atoms with E-state index in [1.807, 2.05) is 0 Å². The zero-order valence-electron chi connectivity index (χ0n) is 3.28. The Bertz CT molecular complexity index is 31.1. The molecule has 0 spiro atoms. The third kappa shape index (κ3) is 18.9. The summed E-state index contributed by atoms with van der Waals surface area (Å²) in [6, 6.07) is 0. The summed E-state index contributed by atoms with van der Waals surface area (Å²) in [7, 11) is 0. The molecule has 5 heavy (non-hydrogen) atoms. The molecule has 0 unspecified atom stereocenters. The van der Waals surface area contributed by atoms with Crippen LogP contribution in [0.25, 0.3) is 0 Å². The van der Waals surface area contributed by atoms with Crippen molar-refractivity contribution in [2.45, 2.75) is 0 Å². The molecule has 0 saturated carbocycles. The first kappa shape index (κ1) is 15.7. The molecule has 0 aliphatic carbocycles. The molecule has 4 heteroatoms. The molecule has 0 N–H and O–H groups in total. The average molecular weight is 163 g/mol. The maximum absolute atomic E-state index is 7.18. The topological polar surface area (TPSA) is 23.8 Å². The quantitative estimate of drug-likeness (QED) is 0.326. The molecule has 0 aliphatic heterocycles. The van der Waals surface area contributed by atoms with Crippen LogP contribution >= 0.6 is 0 Å². The van der Waals surface area contributed by atoms with Gasteiger partial charge in [0.05, 0.1) is 0 Å². The zero-order chi connectivity index (χ0) is 2.71. The fourth-order valence-corrected chi connectivity index (χ4v) is 0. The van der Waals surface area contributed by atoms with Gasteiger partial charge in [-0.2, -0.15) is 0 Å². The first-order valence-corrected chi connectivity index (χ1v) is 0.911. The van der Waals surface area contributed by atoms with Gasteiger partial charge in [-0.1, -0.05) is 0 Å². The first-order valence-electron chi connectivity index (χ1n) is 0.390. The van der Waals surface area contributed by atoms with Crippen molar-refractivity contribution < 1.29 is 119 Å². The van der Waals surface area contributed by atoms with E-state index in [1.54, 1.807) is 0 Å². The van der Waals surface area contributed by atoms with Crippen molar-refractivity contribution in [3.8, 4) is 5.00 Å². The molecule has 0 heterocycles. The molecule has 0 saturated heterocycles. The Kier molecular flexibility index (Phi) is 49.3. The summed E-state index contributed by atoms with van der Waals surface area (Å²) in [4.78, 5) is 0. The Morgan fingerprint density at radius 3 is 1.40 bits per heavy atom. The van der Waals surface area contributed by atoms with Gasteiger partial charge >= 0.3 is 129 Å². The first-order chi connectivity index (χ1) is 1.41. The molecule has 0 fully saturated rings. The molecular formula is CCoK2N. The van der Waals surface area contributed by atoms with E-state index in [9.17, 15) is 0 Å². The SMILES string of the molecule is N#[C][Co-2].[K+].[K+]. The summed E-state index contributed by atoms with van der Waals surface area (Å²) < 4.78 is 0. The minimum Gasteiger partial charge on any atom is 1.00 e. The van der Waals surface area contributed by atoms with Crippen molar-refractivity contribution in [2.75, 3.05) is 0 Å². The van der Waals surface area contributed by atoms with Crippen molar-refractivity contribution in [3.63, 3.8) is 0 Å². The Labute approximate surface area is 125 Å². The second kappa shape index (κ2) is 15.7. The molecule has 0 radical (unpaired) electrons. The molecule has 20 valence electrons. The largest absolute Gasteiger partial charge is 1.00 e. The van der Waals surface area contributed by atoms with Crippen LogP contribution in [0.5, 0.6) is 0 Å². The van der Waals surface area contributed by atoms with Crippen LogP contribution in [0.4, 0.5) is 0 Å². The zero-order valence-corrected chi connectivity index (χ0v) is 10.6. The van der Waals surface area contributed by atoms with Crippen molar-refractivity contribution in [3.05, 3.63) is 0 Å². The van der Waals surface area contributed by atoms with Crippen molar-refractivity contribution in [1.82, 2.24) is 0 Å². The van der Waals surface area contributed by atoms with Crippen LogP contribution in [0.2, 0.25) is 0 Å². The molecule has 0 aromatic carbocycles. The fraction of sp³-hybridized carbons (Fsp3) is 0. The summed E-state index contributed by atoms with van der Waals surface area (Å²) in [5, 5.41) is 8.62. The normalized spacial score (nSPS) is 1.80. The second-order valence-corrected chi connectivity index (χ2v) is 0.307. The minimum atomic E-state index is 0.